The van der Waals surface area contributed by atoms with Crippen LogP contribution in [0, 0.1) is 0 Å². The lowest BCUT2D eigenvalue weighted by atomic mass is 10.1. The zero-order valence-electron chi connectivity index (χ0n) is 22.1. The van der Waals surface area contributed by atoms with E-state index in [1.165, 1.54) is 10.9 Å². The van der Waals surface area contributed by atoms with E-state index in [1.807, 2.05) is 42.5 Å². The van der Waals surface area contributed by atoms with E-state index < -0.39 is 0 Å². The molecule has 0 fully saturated rings. The summed E-state index contributed by atoms with van der Waals surface area (Å²) in [7, 11) is 0. The number of aryl methyl sites for hydroxylation is 2. The van der Waals surface area contributed by atoms with Crippen molar-refractivity contribution in [3.63, 3.8) is 0 Å². The molecule has 0 aliphatic carbocycles. The third-order valence-electron chi connectivity index (χ3n) is 6.94. The molecule has 5 aromatic rings. The summed E-state index contributed by atoms with van der Waals surface area (Å²) in [5, 5.41) is 6.05. The van der Waals surface area contributed by atoms with Crippen molar-refractivity contribution < 1.29 is 9.53 Å². The third kappa shape index (κ3) is 7.18. The average molecular weight is 540 g/mol. The number of rotatable bonds is 13. The maximum atomic E-state index is 12.2. The Balaban J connectivity index is 1.09. The van der Waals surface area contributed by atoms with E-state index in [1.54, 1.807) is 0 Å². The summed E-state index contributed by atoms with van der Waals surface area (Å²) in [6, 6.07) is 30.3. The number of aromatic nitrogens is 2. The van der Waals surface area contributed by atoms with E-state index in [2.05, 4.69) is 58.4 Å². The van der Waals surface area contributed by atoms with Gasteiger partial charge in [0.2, 0.25) is 5.91 Å². The molecule has 0 saturated carbocycles. The van der Waals surface area contributed by atoms with Crippen molar-refractivity contribution in [2.24, 2.45) is 0 Å². The first-order chi connectivity index (χ1) is 19.2. The highest BCUT2D eigenvalue weighted by molar-refractivity contribution is 6.30. The topological polar surface area (TPSA) is 56.2 Å². The van der Waals surface area contributed by atoms with Gasteiger partial charge >= 0.3 is 0 Å². The number of hydrogen-bond acceptors (Lipinski definition) is 3. The van der Waals surface area contributed by atoms with Crippen molar-refractivity contribution in [2.75, 3.05) is 13.2 Å². The minimum atomic E-state index is 0.0461. The predicted molar refractivity (Wildman–Crippen MR) is 160 cm³/mol. The van der Waals surface area contributed by atoms with E-state index in [9.17, 15) is 4.79 Å². The lowest BCUT2D eigenvalue weighted by Gasteiger charge is -2.12. The molecule has 0 bridgehead atoms. The van der Waals surface area contributed by atoms with Crippen molar-refractivity contribution in [3.8, 4) is 5.75 Å². The highest BCUT2D eigenvalue weighted by Crippen LogP contribution is 2.25. The van der Waals surface area contributed by atoms with Crippen molar-refractivity contribution in [1.82, 2.24) is 14.9 Å². The number of unbranched alkanes of at least 4 members (excludes halogenated alkanes) is 2. The van der Waals surface area contributed by atoms with E-state index >= 15 is 0 Å². The normalized spacial score (nSPS) is 11.2. The molecule has 4 aromatic carbocycles. The molecule has 1 N–H and O–H groups in total. The molecule has 0 spiro atoms. The highest BCUT2D eigenvalue weighted by atomic mass is 35.5. The molecule has 1 aromatic heterocycles. The summed E-state index contributed by atoms with van der Waals surface area (Å²) in [6.07, 6.45) is 5.21. The van der Waals surface area contributed by atoms with Crippen LogP contribution in [0.1, 0.15) is 37.1 Å². The maximum Gasteiger partial charge on any atom is 0.224 e. The number of hydrogen-bond donors (Lipinski definition) is 1. The van der Waals surface area contributed by atoms with Crippen molar-refractivity contribution in [1.29, 1.82) is 0 Å². The van der Waals surface area contributed by atoms with Crippen LogP contribution in [0.3, 0.4) is 0 Å². The Bertz CT molecular complexity index is 1520. The van der Waals surface area contributed by atoms with Gasteiger partial charge in [-0.1, -0.05) is 78.7 Å². The Kier molecular flexibility index (Phi) is 9.13. The molecule has 0 radical (unpaired) electrons. The first-order valence-corrected chi connectivity index (χ1v) is 14.1. The first kappa shape index (κ1) is 26.8. The minimum absolute atomic E-state index is 0.0461. The number of nitrogens with one attached hydrogen (secondary N) is 1. The standard InChI is InChI=1S/C33H34ClN3O2/c34-27-19-17-25(18-20-27)24-33(38)35-21-7-1-2-16-32-36-29-13-5-6-14-30(29)37(32)22-9-23-39-31-15-8-11-26-10-3-4-12-28(26)31/h3-6,8,10-15,17-20H,1-2,7,9,16,21-24H2,(H,35,38). The molecule has 5 nitrogen and oxygen atoms in total. The maximum absolute atomic E-state index is 12.2. The first-order valence-electron chi connectivity index (χ1n) is 13.7. The molecule has 200 valence electrons. The Labute approximate surface area is 234 Å². The Morgan fingerprint density at radius 1 is 0.846 bits per heavy atom. The quantitative estimate of drug-likeness (QED) is 0.159. The van der Waals surface area contributed by atoms with E-state index in [4.69, 9.17) is 21.3 Å². The second-order valence-corrected chi connectivity index (χ2v) is 10.2. The number of benzene rings is 4. The predicted octanol–water partition coefficient (Wildman–Crippen LogP) is 7.38. The van der Waals surface area contributed by atoms with Crippen LogP contribution in [0.25, 0.3) is 21.8 Å². The van der Waals surface area contributed by atoms with Crippen LogP contribution in [0.2, 0.25) is 5.02 Å². The second-order valence-electron chi connectivity index (χ2n) is 9.81. The molecule has 5 rings (SSSR count). The largest absolute Gasteiger partial charge is 0.493 e. The van der Waals surface area contributed by atoms with E-state index in [0.29, 0.717) is 24.6 Å². The fraction of sp³-hybridized carbons (Fsp3) is 0.273. The van der Waals surface area contributed by atoms with Crippen LogP contribution >= 0.6 is 11.6 Å². The fourth-order valence-electron chi connectivity index (χ4n) is 4.95. The van der Waals surface area contributed by atoms with Crippen LogP contribution in [0.15, 0.2) is 91.0 Å². The number of fused-ring (bicyclic) bond motifs is 2. The summed E-state index contributed by atoms with van der Waals surface area (Å²) < 4.78 is 8.53. The van der Waals surface area contributed by atoms with Gasteiger partial charge in [0.05, 0.1) is 24.1 Å². The molecular weight excluding hydrogens is 506 g/mol. The Morgan fingerprint density at radius 2 is 1.64 bits per heavy atom. The average Bonchev–Trinajstić information content (AvgIpc) is 3.31. The highest BCUT2D eigenvalue weighted by Gasteiger charge is 2.11. The monoisotopic (exact) mass is 539 g/mol. The van der Waals surface area contributed by atoms with Gasteiger partial charge in [0.15, 0.2) is 0 Å². The van der Waals surface area contributed by atoms with Crippen LogP contribution < -0.4 is 10.1 Å². The summed E-state index contributed by atoms with van der Waals surface area (Å²) in [6.45, 7) is 2.20. The summed E-state index contributed by atoms with van der Waals surface area (Å²) in [5.41, 5.74) is 3.18. The van der Waals surface area contributed by atoms with Gasteiger partial charge in [0.25, 0.3) is 0 Å². The van der Waals surface area contributed by atoms with Gasteiger partial charge in [-0.2, -0.15) is 0 Å². The number of carbonyl (C=O) groups excluding carboxylic acids is 1. The minimum Gasteiger partial charge on any atom is -0.493 e. The number of halogens is 1. The summed E-state index contributed by atoms with van der Waals surface area (Å²) in [5.74, 6) is 2.10. The zero-order chi connectivity index (χ0) is 26.9. The lowest BCUT2D eigenvalue weighted by molar-refractivity contribution is -0.120. The van der Waals surface area contributed by atoms with Crippen molar-refractivity contribution in [2.45, 2.75) is 45.1 Å². The van der Waals surface area contributed by atoms with Gasteiger partial charge in [-0.3, -0.25) is 4.79 Å². The molecular formula is C33H34ClN3O2. The van der Waals surface area contributed by atoms with Crippen LogP contribution in [-0.4, -0.2) is 28.6 Å². The molecule has 39 heavy (non-hydrogen) atoms. The van der Waals surface area contributed by atoms with Crippen LogP contribution in [0.5, 0.6) is 5.75 Å². The van der Waals surface area contributed by atoms with Gasteiger partial charge in [0, 0.05) is 29.9 Å². The Morgan fingerprint density at radius 3 is 2.54 bits per heavy atom. The molecule has 1 heterocycles. The van der Waals surface area contributed by atoms with Gasteiger partial charge in [-0.15, -0.1) is 0 Å². The molecule has 0 saturated heterocycles. The van der Waals surface area contributed by atoms with Crippen molar-refractivity contribution >= 4 is 39.3 Å². The number of amides is 1. The molecule has 6 heteroatoms. The zero-order valence-corrected chi connectivity index (χ0v) is 22.9. The second kappa shape index (κ2) is 13.3. The molecule has 0 unspecified atom stereocenters. The van der Waals surface area contributed by atoms with Gasteiger partial charge < -0.3 is 14.6 Å². The van der Waals surface area contributed by atoms with E-state index in [0.717, 1.165) is 66.7 Å². The summed E-state index contributed by atoms with van der Waals surface area (Å²) >= 11 is 5.92. The Hall–Kier alpha value is -3.83. The number of imidazole rings is 1. The van der Waals surface area contributed by atoms with E-state index in [-0.39, 0.29) is 5.91 Å². The third-order valence-corrected chi connectivity index (χ3v) is 7.20. The number of carbonyl (C=O) groups is 1. The van der Waals surface area contributed by atoms with Crippen molar-refractivity contribution in [3.05, 3.63) is 107 Å². The van der Waals surface area contributed by atoms with Crippen LogP contribution in [0.4, 0.5) is 0 Å². The molecule has 0 atom stereocenters. The van der Waals surface area contributed by atoms with Gasteiger partial charge in [-0.05, 0) is 60.5 Å². The number of nitrogens with zero attached hydrogens (tertiary/aromatic N) is 2. The lowest BCUT2D eigenvalue weighted by Crippen LogP contribution is -2.26. The molecule has 0 aliphatic rings. The molecule has 0 aliphatic heterocycles. The van der Waals surface area contributed by atoms with Gasteiger partial charge in [-0.25, -0.2) is 4.98 Å². The fourth-order valence-corrected chi connectivity index (χ4v) is 5.08. The molecule has 1 amide bonds. The van der Waals surface area contributed by atoms with Crippen LogP contribution in [-0.2, 0) is 24.2 Å². The SMILES string of the molecule is O=C(Cc1ccc(Cl)cc1)NCCCCCc1nc2ccccc2n1CCCOc1cccc2ccccc12. The number of ether oxygens (including phenoxy) is 1. The smallest absolute Gasteiger partial charge is 0.224 e. The number of para-hydroxylation sites is 2. The summed E-state index contributed by atoms with van der Waals surface area (Å²) in [4.78, 5) is 17.1. The van der Waals surface area contributed by atoms with Gasteiger partial charge in [0.1, 0.15) is 11.6 Å².